The maximum Gasteiger partial charge on any atom is 0.240 e. The molecule has 0 saturated heterocycles. The Balaban J connectivity index is 3.08. The van der Waals surface area contributed by atoms with Crippen LogP contribution in [0.4, 0.5) is 10.1 Å². The highest BCUT2D eigenvalue weighted by Gasteiger charge is 2.18. The second kappa shape index (κ2) is 5.71. The number of anilines is 1. The Morgan fingerprint density at radius 2 is 2.22 bits per heavy atom. The van der Waals surface area contributed by atoms with Crippen molar-refractivity contribution in [2.45, 2.75) is 11.3 Å². The van der Waals surface area contributed by atoms with E-state index in [1.165, 1.54) is 7.11 Å². The molecule has 0 aliphatic carbocycles. The molecule has 0 fully saturated rings. The molecule has 0 saturated carbocycles. The fourth-order valence-corrected chi connectivity index (χ4v) is 2.38. The van der Waals surface area contributed by atoms with Gasteiger partial charge in [-0.1, -0.05) is 0 Å². The van der Waals surface area contributed by atoms with Crippen LogP contribution in [0.1, 0.15) is 6.42 Å². The summed E-state index contributed by atoms with van der Waals surface area (Å²) < 4.78 is 44.0. The van der Waals surface area contributed by atoms with E-state index in [4.69, 9.17) is 16.9 Å². The molecule has 0 unspecified atom stereocenters. The van der Waals surface area contributed by atoms with E-state index in [0.29, 0.717) is 0 Å². The third kappa shape index (κ3) is 3.12. The van der Waals surface area contributed by atoms with Crippen LogP contribution in [0.25, 0.3) is 0 Å². The summed E-state index contributed by atoms with van der Waals surface area (Å²) in [5.41, 5.74) is 5.41. The minimum atomic E-state index is -3.82. The number of methoxy groups -OCH3 is 1. The van der Waals surface area contributed by atoms with Crippen molar-refractivity contribution in [2.75, 3.05) is 19.4 Å². The number of rotatable bonds is 5. The molecule has 5 nitrogen and oxygen atoms in total. The molecule has 0 spiro atoms. The predicted molar refractivity (Wildman–Crippen MR) is 66.0 cm³/mol. The zero-order valence-corrected chi connectivity index (χ0v) is 10.6. The lowest BCUT2D eigenvalue weighted by molar-refractivity contribution is 0.388. The first-order valence-corrected chi connectivity index (χ1v) is 6.47. The van der Waals surface area contributed by atoms with Gasteiger partial charge in [-0.05, 0) is 12.1 Å². The second-order valence-electron chi connectivity index (χ2n) is 3.38. The van der Waals surface area contributed by atoms with E-state index in [-0.39, 0.29) is 29.3 Å². The number of hydrogen-bond donors (Lipinski definition) is 2. The number of ether oxygens (including phenoxy) is 1. The Labute approximate surface area is 105 Å². The van der Waals surface area contributed by atoms with E-state index in [2.05, 4.69) is 10.6 Å². The lowest BCUT2D eigenvalue weighted by atomic mass is 10.3. The molecule has 7 heteroatoms. The van der Waals surface area contributed by atoms with E-state index >= 15 is 0 Å². The molecule has 0 atom stereocenters. The standard InChI is InChI=1S/C11H13FN2O3S/c1-3-4-5-14-18(15,16)8-6-9(12)11(17-2)10(13)7-8/h1,6-7,14H,4-5,13H2,2H3. The zero-order chi connectivity index (χ0) is 13.8. The SMILES string of the molecule is C#CCCNS(=O)(=O)c1cc(N)c(OC)c(F)c1. The summed E-state index contributed by atoms with van der Waals surface area (Å²) in [6.45, 7) is 0.0758. The van der Waals surface area contributed by atoms with Gasteiger partial charge < -0.3 is 10.5 Å². The summed E-state index contributed by atoms with van der Waals surface area (Å²) in [5, 5.41) is 0. The van der Waals surface area contributed by atoms with Crippen LogP contribution >= 0.6 is 0 Å². The first-order valence-electron chi connectivity index (χ1n) is 4.98. The summed E-state index contributed by atoms with van der Waals surface area (Å²) in [5.74, 6) is 1.27. The molecule has 3 N–H and O–H groups in total. The maximum atomic E-state index is 13.5. The van der Waals surface area contributed by atoms with Crippen LogP contribution < -0.4 is 15.2 Å². The number of sulfonamides is 1. The number of halogens is 1. The largest absolute Gasteiger partial charge is 0.492 e. The average Bonchev–Trinajstić information content (AvgIpc) is 2.28. The summed E-state index contributed by atoms with van der Waals surface area (Å²) in [6.07, 6.45) is 5.24. The van der Waals surface area contributed by atoms with Gasteiger partial charge in [0.25, 0.3) is 0 Å². The quantitative estimate of drug-likeness (QED) is 0.470. The molecule has 0 radical (unpaired) electrons. The summed E-state index contributed by atoms with van der Waals surface area (Å²) in [7, 11) is -2.58. The van der Waals surface area contributed by atoms with Gasteiger partial charge in [0.2, 0.25) is 10.0 Å². The second-order valence-corrected chi connectivity index (χ2v) is 5.15. The Bertz CT molecular complexity index is 555. The molecular formula is C11H13FN2O3S. The van der Waals surface area contributed by atoms with Crippen molar-refractivity contribution in [1.82, 2.24) is 4.72 Å². The van der Waals surface area contributed by atoms with Crippen molar-refractivity contribution in [2.24, 2.45) is 0 Å². The maximum absolute atomic E-state index is 13.5. The Hall–Kier alpha value is -1.78. The van der Waals surface area contributed by atoms with Crippen molar-refractivity contribution in [3.8, 4) is 18.1 Å². The van der Waals surface area contributed by atoms with Crippen molar-refractivity contribution >= 4 is 15.7 Å². The summed E-state index contributed by atoms with van der Waals surface area (Å²) >= 11 is 0. The van der Waals surface area contributed by atoms with E-state index in [0.717, 1.165) is 12.1 Å². The summed E-state index contributed by atoms with van der Waals surface area (Å²) in [4.78, 5) is -0.268. The van der Waals surface area contributed by atoms with Crippen LogP contribution in [0, 0.1) is 18.2 Å². The van der Waals surface area contributed by atoms with Gasteiger partial charge >= 0.3 is 0 Å². The summed E-state index contributed by atoms with van der Waals surface area (Å²) in [6, 6.07) is 1.97. The number of nitrogens with two attached hydrogens (primary N) is 1. The van der Waals surface area contributed by atoms with Gasteiger partial charge in [0, 0.05) is 13.0 Å². The van der Waals surface area contributed by atoms with Crippen LogP contribution in [0.3, 0.4) is 0 Å². The lowest BCUT2D eigenvalue weighted by Gasteiger charge is -2.10. The number of nitrogens with one attached hydrogen (secondary N) is 1. The molecule has 98 valence electrons. The van der Waals surface area contributed by atoms with Crippen molar-refractivity contribution < 1.29 is 17.5 Å². The van der Waals surface area contributed by atoms with E-state index in [1.807, 2.05) is 0 Å². The van der Waals surface area contributed by atoms with Crippen molar-refractivity contribution in [1.29, 1.82) is 0 Å². The first kappa shape index (κ1) is 14.3. The van der Waals surface area contributed by atoms with Crippen LogP contribution in [0.5, 0.6) is 5.75 Å². The number of benzene rings is 1. The van der Waals surface area contributed by atoms with Gasteiger partial charge in [0.05, 0.1) is 17.7 Å². The molecule has 0 bridgehead atoms. The molecule has 1 rings (SSSR count). The minimum Gasteiger partial charge on any atom is -0.492 e. The fourth-order valence-electron chi connectivity index (χ4n) is 1.30. The molecule has 0 aliphatic rings. The Morgan fingerprint density at radius 3 is 2.72 bits per heavy atom. The van der Waals surface area contributed by atoms with Gasteiger partial charge in [0.15, 0.2) is 11.6 Å². The smallest absolute Gasteiger partial charge is 0.240 e. The highest BCUT2D eigenvalue weighted by molar-refractivity contribution is 7.89. The van der Waals surface area contributed by atoms with Crippen LogP contribution in [-0.4, -0.2) is 22.1 Å². The zero-order valence-electron chi connectivity index (χ0n) is 9.73. The minimum absolute atomic E-state index is 0.0758. The van der Waals surface area contributed by atoms with Crippen molar-refractivity contribution in [3.63, 3.8) is 0 Å². The van der Waals surface area contributed by atoms with Crippen molar-refractivity contribution in [3.05, 3.63) is 17.9 Å². The third-order valence-electron chi connectivity index (χ3n) is 2.12. The van der Waals surface area contributed by atoms with Gasteiger partial charge in [-0.25, -0.2) is 17.5 Å². The number of hydrogen-bond acceptors (Lipinski definition) is 4. The van der Waals surface area contributed by atoms with E-state index in [9.17, 15) is 12.8 Å². The highest BCUT2D eigenvalue weighted by atomic mass is 32.2. The Morgan fingerprint density at radius 1 is 1.56 bits per heavy atom. The molecule has 0 amide bonds. The molecular weight excluding hydrogens is 259 g/mol. The molecule has 1 aromatic rings. The normalized spacial score (nSPS) is 10.9. The molecule has 1 aromatic carbocycles. The fraction of sp³-hybridized carbons (Fsp3) is 0.273. The first-order chi connectivity index (χ1) is 8.42. The van der Waals surface area contributed by atoms with Crippen LogP contribution in [-0.2, 0) is 10.0 Å². The lowest BCUT2D eigenvalue weighted by Crippen LogP contribution is -2.24. The van der Waals surface area contributed by atoms with E-state index < -0.39 is 15.8 Å². The monoisotopic (exact) mass is 272 g/mol. The molecule has 18 heavy (non-hydrogen) atoms. The topological polar surface area (TPSA) is 81.4 Å². The molecule has 0 aliphatic heterocycles. The number of nitrogen functional groups attached to an aromatic ring is 1. The van der Waals surface area contributed by atoms with Gasteiger partial charge in [-0.15, -0.1) is 12.3 Å². The molecule has 0 heterocycles. The Kier molecular flexibility index (Phi) is 4.53. The third-order valence-corrected chi connectivity index (χ3v) is 3.56. The average molecular weight is 272 g/mol. The van der Waals surface area contributed by atoms with Gasteiger partial charge in [0.1, 0.15) is 0 Å². The van der Waals surface area contributed by atoms with Crippen LogP contribution in [0.15, 0.2) is 17.0 Å². The van der Waals surface area contributed by atoms with Gasteiger partial charge in [-0.3, -0.25) is 0 Å². The molecule has 0 aromatic heterocycles. The highest BCUT2D eigenvalue weighted by Crippen LogP contribution is 2.28. The van der Waals surface area contributed by atoms with Gasteiger partial charge in [-0.2, -0.15) is 0 Å². The number of terminal acetylenes is 1. The van der Waals surface area contributed by atoms with E-state index in [1.54, 1.807) is 0 Å². The van der Waals surface area contributed by atoms with Crippen LogP contribution in [0.2, 0.25) is 0 Å². The predicted octanol–water partition coefficient (Wildman–Crippen LogP) is 0.718.